The average molecular weight is 210 g/mol. The lowest BCUT2D eigenvalue weighted by molar-refractivity contribution is 0.839. The Morgan fingerprint density at radius 3 is 2.79 bits per heavy atom. The number of nitrogen functional groups attached to an aromatic ring is 1. The summed E-state index contributed by atoms with van der Waals surface area (Å²) in [5.41, 5.74) is 6.37. The molecule has 0 bridgehead atoms. The van der Waals surface area contributed by atoms with Crippen molar-refractivity contribution in [2.75, 3.05) is 5.73 Å². The van der Waals surface area contributed by atoms with Crippen molar-refractivity contribution in [1.82, 2.24) is 19.7 Å². The van der Waals surface area contributed by atoms with E-state index in [1.54, 1.807) is 12.3 Å². The zero-order valence-electron chi connectivity index (χ0n) is 7.48. The number of nitrogens with zero attached hydrogens (tertiary/aromatic N) is 4. The number of halogens is 1. The number of aromatic nitrogens is 4. The van der Waals surface area contributed by atoms with Crippen LogP contribution in [0.25, 0.3) is 5.82 Å². The first-order chi connectivity index (χ1) is 6.66. The van der Waals surface area contributed by atoms with Crippen LogP contribution in [0.1, 0.15) is 5.69 Å². The van der Waals surface area contributed by atoms with E-state index in [9.17, 15) is 0 Å². The minimum absolute atomic E-state index is 0.294. The zero-order valence-corrected chi connectivity index (χ0v) is 8.23. The molecule has 6 heteroatoms. The Labute approximate surface area is 85.5 Å². The van der Waals surface area contributed by atoms with Gasteiger partial charge in [0.15, 0.2) is 11.6 Å². The molecular weight excluding hydrogens is 202 g/mol. The lowest BCUT2D eigenvalue weighted by atomic mass is 10.4. The first kappa shape index (κ1) is 8.96. The van der Waals surface area contributed by atoms with Crippen LogP contribution in [0.15, 0.2) is 18.6 Å². The van der Waals surface area contributed by atoms with Crippen LogP contribution < -0.4 is 5.73 Å². The van der Waals surface area contributed by atoms with E-state index in [1.165, 1.54) is 11.0 Å². The molecule has 0 saturated heterocycles. The van der Waals surface area contributed by atoms with Gasteiger partial charge in [0.2, 0.25) is 0 Å². The molecule has 0 spiro atoms. The first-order valence-electron chi connectivity index (χ1n) is 3.96. The van der Waals surface area contributed by atoms with Crippen LogP contribution in [0.5, 0.6) is 0 Å². The van der Waals surface area contributed by atoms with Crippen LogP contribution in [0, 0.1) is 6.92 Å². The summed E-state index contributed by atoms with van der Waals surface area (Å²) in [5, 5.41) is 4.41. The Morgan fingerprint density at radius 1 is 1.43 bits per heavy atom. The van der Waals surface area contributed by atoms with E-state index in [0.717, 1.165) is 5.69 Å². The lowest BCUT2D eigenvalue weighted by Crippen LogP contribution is -2.00. The van der Waals surface area contributed by atoms with Gasteiger partial charge in [-0.2, -0.15) is 0 Å². The summed E-state index contributed by atoms with van der Waals surface area (Å²) in [6.45, 7) is 1.87. The molecule has 2 N–H and O–H groups in total. The highest BCUT2D eigenvalue weighted by Gasteiger charge is 2.05. The van der Waals surface area contributed by atoms with Crippen molar-refractivity contribution < 1.29 is 0 Å². The van der Waals surface area contributed by atoms with E-state index in [0.29, 0.717) is 16.7 Å². The normalized spacial score (nSPS) is 10.4. The summed E-state index contributed by atoms with van der Waals surface area (Å²) in [6, 6.07) is 1.79. The molecule has 0 fully saturated rings. The number of anilines is 1. The van der Waals surface area contributed by atoms with Crippen molar-refractivity contribution in [2.45, 2.75) is 6.92 Å². The van der Waals surface area contributed by atoms with Crippen molar-refractivity contribution in [1.29, 1.82) is 0 Å². The molecule has 2 aromatic rings. The quantitative estimate of drug-likeness (QED) is 0.767. The first-order valence-corrected chi connectivity index (χ1v) is 4.34. The maximum Gasteiger partial charge on any atom is 0.164 e. The van der Waals surface area contributed by atoms with Crippen LogP contribution in [0.2, 0.25) is 5.02 Å². The van der Waals surface area contributed by atoms with Crippen LogP contribution in [-0.2, 0) is 0 Å². The van der Waals surface area contributed by atoms with Crippen molar-refractivity contribution >= 4 is 17.4 Å². The summed E-state index contributed by atoms with van der Waals surface area (Å²) < 4.78 is 1.52. The molecule has 5 nitrogen and oxygen atoms in total. The molecule has 0 aliphatic rings. The van der Waals surface area contributed by atoms with Gasteiger partial charge in [0.1, 0.15) is 11.3 Å². The van der Waals surface area contributed by atoms with Crippen LogP contribution in [0.4, 0.5) is 5.82 Å². The van der Waals surface area contributed by atoms with E-state index in [2.05, 4.69) is 15.1 Å². The van der Waals surface area contributed by atoms with Gasteiger partial charge in [0.25, 0.3) is 0 Å². The van der Waals surface area contributed by atoms with Gasteiger partial charge in [-0.3, -0.25) is 0 Å². The summed E-state index contributed by atoms with van der Waals surface area (Å²) in [5.74, 6) is 0.944. The molecule has 0 unspecified atom stereocenters. The van der Waals surface area contributed by atoms with Crippen molar-refractivity contribution in [3.05, 3.63) is 29.3 Å². The predicted octanol–water partition coefficient (Wildman–Crippen LogP) is 1.21. The molecule has 14 heavy (non-hydrogen) atoms. The summed E-state index contributed by atoms with van der Waals surface area (Å²) in [7, 11) is 0. The van der Waals surface area contributed by atoms with Gasteiger partial charge < -0.3 is 5.73 Å². The summed E-state index contributed by atoms with van der Waals surface area (Å²) >= 11 is 5.77. The highest BCUT2D eigenvalue weighted by molar-refractivity contribution is 6.32. The van der Waals surface area contributed by atoms with E-state index >= 15 is 0 Å². The molecule has 0 amide bonds. The predicted molar refractivity (Wildman–Crippen MR) is 53.3 cm³/mol. The molecule has 2 rings (SSSR count). The topological polar surface area (TPSA) is 69.6 Å². The third kappa shape index (κ3) is 1.54. The number of hydrogen-bond acceptors (Lipinski definition) is 4. The highest BCUT2D eigenvalue weighted by Crippen LogP contribution is 2.17. The summed E-state index contributed by atoms with van der Waals surface area (Å²) in [4.78, 5) is 8.02. The monoisotopic (exact) mass is 209 g/mol. The average Bonchev–Trinajstić information content (AvgIpc) is 2.47. The minimum Gasteiger partial charge on any atom is -0.381 e. The largest absolute Gasteiger partial charge is 0.381 e. The maximum atomic E-state index is 5.77. The molecule has 2 aromatic heterocycles. The van der Waals surface area contributed by atoms with E-state index in [4.69, 9.17) is 17.3 Å². The molecule has 0 saturated carbocycles. The smallest absolute Gasteiger partial charge is 0.164 e. The van der Waals surface area contributed by atoms with Gasteiger partial charge in [0, 0.05) is 11.8 Å². The second-order valence-electron chi connectivity index (χ2n) is 2.82. The summed E-state index contributed by atoms with van der Waals surface area (Å²) in [6.07, 6.45) is 3.08. The SMILES string of the molecule is Cc1cc(-n2cc(Cl)c(N)n2)ncn1. The van der Waals surface area contributed by atoms with E-state index in [1.807, 2.05) is 6.92 Å². The van der Waals surface area contributed by atoms with Crippen molar-refractivity contribution in [3.63, 3.8) is 0 Å². The van der Waals surface area contributed by atoms with Gasteiger partial charge in [0.05, 0.1) is 6.20 Å². The van der Waals surface area contributed by atoms with Crippen LogP contribution >= 0.6 is 11.6 Å². The molecule has 0 atom stereocenters. The fraction of sp³-hybridized carbons (Fsp3) is 0.125. The molecule has 0 radical (unpaired) electrons. The van der Waals surface area contributed by atoms with Gasteiger partial charge in [-0.05, 0) is 6.92 Å². The zero-order chi connectivity index (χ0) is 10.1. The molecular formula is C8H8ClN5. The van der Waals surface area contributed by atoms with Gasteiger partial charge in [-0.15, -0.1) is 5.10 Å². The van der Waals surface area contributed by atoms with Crippen LogP contribution in [0.3, 0.4) is 0 Å². The van der Waals surface area contributed by atoms with Gasteiger partial charge in [-0.25, -0.2) is 14.6 Å². The second kappa shape index (κ2) is 3.26. The number of hydrogen-bond donors (Lipinski definition) is 1. The fourth-order valence-corrected chi connectivity index (χ4v) is 1.18. The van der Waals surface area contributed by atoms with Crippen molar-refractivity contribution in [3.8, 4) is 5.82 Å². The maximum absolute atomic E-state index is 5.77. The van der Waals surface area contributed by atoms with Crippen molar-refractivity contribution in [2.24, 2.45) is 0 Å². The van der Waals surface area contributed by atoms with Gasteiger partial charge in [-0.1, -0.05) is 11.6 Å². The third-order valence-electron chi connectivity index (χ3n) is 1.72. The Kier molecular flexibility index (Phi) is 2.09. The van der Waals surface area contributed by atoms with E-state index < -0.39 is 0 Å². The molecule has 72 valence electrons. The molecule has 0 aromatic carbocycles. The fourth-order valence-electron chi connectivity index (χ4n) is 1.05. The number of aryl methyl sites for hydroxylation is 1. The third-order valence-corrected chi connectivity index (χ3v) is 2.01. The van der Waals surface area contributed by atoms with E-state index in [-0.39, 0.29) is 0 Å². The Balaban J connectivity index is 2.49. The number of nitrogens with two attached hydrogens (primary N) is 1. The molecule has 0 aliphatic carbocycles. The van der Waals surface area contributed by atoms with Crippen LogP contribution in [-0.4, -0.2) is 19.7 Å². The number of rotatable bonds is 1. The Morgan fingerprint density at radius 2 is 2.21 bits per heavy atom. The lowest BCUT2D eigenvalue weighted by Gasteiger charge is -1.99. The highest BCUT2D eigenvalue weighted by atomic mass is 35.5. The van der Waals surface area contributed by atoms with Gasteiger partial charge >= 0.3 is 0 Å². The second-order valence-corrected chi connectivity index (χ2v) is 3.23. The minimum atomic E-state index is 0.294. The standard InChI is InChI=1S/C8H8ClN5/c1-5-2-7(12-4-11-5)14-3-6(9)8(10)13-14/h2-4H,1H3,(H2,10,13). The Hall–Kier alpha value is -1.62. The Bertz CT molecular complexity index is 445. The molecule has 2 heterocycles. The molecule has 0 aliphatic heterocycles.